The molecule has 0 aliphatic heterocycles. The van der Waals surface area contributed by atoms with Crippen LogP contribution in [-0.2, 0) is 6.54 Å². The molecule has 3 N–H and O–H groups in total. The predicted octanol–water partition coefficient (Wildman–Crippen LogP) is 3.60. The van der Waals surface area contributed by atoms with Crippen molar-refractivity contribution in [3.63, 3.8) is 0 Å². The van der Waals surface area contributed by atoms with Gasteiger partial charge in [-0.3, -0.25) is 5.32 Å². The van der Waals surface area contributed by atoms with Gasteiger partial charge in [-0.05, 0) is 48.4 Å². The molecule has 3 rings (SSSR count). The zero-order valence-electron chi connectivity index (χ0n) is 15.0. The molecule has 28 heavy (non-hydrogen) atoms. The molecule has 0 bridgehead atoms. The van der Waals surface area contributed by atoms with Crippen LogP contribution in [0.25, 0.3) is 0 Å². The van der Waals surface area contributed by atoms with Crippen molar-refractivity contribution in [3.8, 4) is 11.5 Å². The summed E-state index contributed by atoms with van der Waals surface area (Å²) in [6.07, 6.45) is 3.00. The molecule has 3 aromatic rings. The first-order valence-corrected chi connectivity index (χ1v) is 8.43. The number of pyridine rings is 2. The minimum atomic E-state index is -1.12. The van der Waals surface area contributed by atoms with E-state index in [1.54, 1.807) is 42.6 Å². The summed E-state index contributed by atoms with van der Waals surface area (Å²) in [7, 11) is 0. The van der Waals surface area contributed by atoms with Crippen molar-refractivity contribution in [1.29, 1.82) is 0 Å². The van der Waals surface area contributed by atoms with Gasteiger partial charge >= 0.3 is 12.0 Å². The van der Waals surface area contributed by atoms with Crippen molar-refractivity contribution >= 4 is 17.8 Å². The highest BCUT2D eigenvalue weighted by molar-refractivity contribution is 5.88. The molecule has 8 heteroatoms. The number of carboxylic acid groups (broad SMARTS) is 1. The number of nitrogens with one attached hydrogen (secondary N) is 2. The fourth-order valence-electron chi connectivity index (χ4n) is 2.35. The second kappa shape index (κ2) is 8.63. The molecule has 0 aliphatic carbocycles. The zero-order valence-corrected chi connectivity index (χ0v) is 15.0. The molecule has 0 unspecified atom stereocenters. The normalized spacial score (nSPS) is 10.2. The number of ether oxygens (including phenoxy) is 1. The Morgan fingerprint density at radius 1 is 1.00 bits per heavy atom. The predicted molar refractivity (Wildman–Crippen MR) is 103 cm³/mol. The number of nitrogens with zero attached hydrogens (tertiary/aromatic N) is 2. The largest absolute Gasteiger partial charge is 0.477 e. The van der Waals surface area contributed by atoms with Gasteiger partial charge in [0.2, 0.25) is 0 Å². The Labute approximate surface area is 161 Å². The van der Waals surface area contributed by atoms with E-state index in [2.05, 4.69) is 20.6 Å². The lowest BCUT2D eigenvalue weighted by atomic mass is 10.2. The van der Waals surface area contributed by atoms with Crippen molar-refractivity contribution in [2.45, 2.75) is 13.5 Å². The monoisotopic (exact) mass is 378 g/mol. The highest BCUT2D eigenvalue weighted by Crippen LogP contribution is 2.22. The van der Waals surface area contributed by atoms with Gasteiger partial charge < -0.3 is 15.2 Å². The van der Waals surface area contributed by atoms with Crippen LogP contribution in [-0.4, -0.2) is 27.1 Å². The number of carbonyl (C=O) groups is 2. The summed E-state index contributed by atoms with van der Waals surface area (Å²) in [5.74, 6) is 0.286. The minimum absolute atomic E-state index is 0.0903. The Morgan fingerprint density at radius 2 is 1.75 bits per heavy atom. The summed E-state index contributed by atoms with van der Waals surface area (Å²) in [4.78, 5) is 30.7. The number of amides is 2. The van der Waals surface area contributed by atoms with Crippen LogP contribution in [0, 0.1) is 6.92 Å². The van der Waals surface area contributed by atoms with Gasteiger partial charge in [0.05, 0.1) is 0 Å². The number of anilines is 1. The second-order valence-corrected chi connectivity index (χ2v) is 5.95. The van der Waals surface area contributed by atoms with E-state index in [9.17, 15) is 9.59 Å². The van der Waals surface area contributed by atoms with Crippen LogP contribution in [0.2, 0.25) is 0 Å². The molecule has 0 spiro atoms. The average Bonchev–Trinajstić information content (AvgIpc) is 2.68. The third-order valence-corrected chi connectivity index (χ3v) is 3.72. The molecule has 2 amide bonds. The number of urea groups is 1. The molecule has 8 nitrogen and oxygen atoms in total. The van der Waals surface area contributed by atoms with Gasteiger partial charge in [0.1, 0.15) is 17.3 Å². The van der Waals surface area contributed by atoms with Crippen LogP contribution < -0.4 is 15.4 Å². The quantitative estimate of drug-likeness (QED) is 0.604. The molecular weight excluding hydrogens is 360 g/mol. The molecule has 0 radical (unpaired) electrons. The topological polar surface area (TPSA) is 113 Å². The number of carboxylic acids is 1. The molecule has 0 saturated heterocycles. The highest BCUT2D eigenvalue weighted by atomic mass is 16.5. The van der Waals surface area contributed by atoms with E-state index >= 15 is 0 Å². The van der Waals surface area contributed by atoms with Gasteiger partial charge in [-0.1, -0.05) is 12.1 Å². The van der Waals surface area contributed by atoms with Crippen molar-refractivity contribution in [1.82, 2.24) is 15.3 Å². The lowest BCUT2D eigenvalue weighted by Gasteiger charge is -2.09. The second-order valence-electron chi connectivity index (χ2n) is 5.95. The third-order valence-electron chi connectivity index (χ3n) is 3.72. The molecule has 2 heterocycles. The number of hydrogen-bond donors (Lipinski definition) is 3. The Kier molecular flexibility index (Phi) is 5.81. The first-order valence-electron chi connectivity index (χ1n) is 8.43. The van der Waals surface area contributed by atoms with E-state index in [1.165, 1.54) is 12.3 Å². The maximum absolute atomic E-state index is 12.0. The lowest BCUT2D eigenvalue weighted by Crippen LogP contribution is -2.28. The fourth-order valence-corrected chi connectivity index (χ4v) is 2.35. The summed E-state index contributed by atoms with van der Waals surface area (Å²) in [6, 6.07) is 13.3. The Hall–Kier alpha value is -3.94. The van der Waals surface area contributed by atoms with Gasteiger partial charge in [-0.25, -0.2) is 19.6 Å². The molecule has 0 fully saturated rings. The lowest BCUT2D eigenvalue weighted by molar-refractivity contribution is 0.0690. The van der Waals surface area contributed by atoms with Crippen LogP contribution in [0.4, 0.5) is 10.6 Å². The number of aryl methyl sites for hydroxylation is 1. The van der Waals surface area contributed by atoms with Gasteiger partial charge in [0, 0.05) is 25.0 Å². The van der Waals surface area contributed by atoms with E-state index in [4.69, 9.17) is 9.84 Å². The van der Waals surface area contributed by atoms with E-state index in [-0.39, 0.29) is 11.7 Å². The van der Waals surface area contributed by atoms with Crippen molar-refractivity contribution in [3.05, 3.63) is 77.7 Å². The minimum Gasteiger partial charge on any atom is -0.477 e. The Bertz CT molecular complexity index is 990. The van der Waals surface area contributed by atoms with E-state index in [1.807, 2.05) is 13.0 Å². The maximum atomic E-state index is 12.0. The highest BCUT2D eigenvalue weighted by Gasteiger charge is 2.07. The number of hydrogen-bond acceptors (Lipinski definition) is 5. The summed E-state index contributed by atoms with van der Waals surface area (Å²) in [5, 5.41) is 14.4. The Morgan fingerprint density at radius 3 is 2.46 bits per heavy atom. The molecule has 142 valence electrons. The van der Waals surface area contributed by atoms with Crippen molar-refractivity contribution in [2.24, 2.45) is 0 Å². The third kappa shape index (κ3) is 5.28. The van der Waals surface area contributed by atoms with Crippen LogP contribution in [0.3, 0.4) is 0 Å². The van der Waals surface area contributed by atoms with Gasteiger partial charge in [-0.15, -0.1) is 0 Å². The van der Waals surface area contributed by atoms with Crippen LogP contribution >= 0.6 is 0 Å². The standard InChI is InChI=1S/C20H18N4O4/c1-13-6-8-22-18(10-13)24-20(27)23-12-14-2-4-15(5-3-14)28-16-7-9-21-17(11-16)19(25)26/h2-11H,12H2,1H3,(H,25,26)(H2,22,23,24,27). The van der Waals surface area contributed by atoms with Crippen LogP contribution in [0.15, 0.2) is 60.9 Å². The number of aromatic nitrogens is 2. The van der Waals surface area contributed by atoms with Gasteiger partial charge in [-0.2, -0.15) is 0 Å². The SMILES string of the molecule is Cc1ccnc(NC(=O)NCc2ccc(Oc3ccnc(C(=O)O)c3)cc2)c1. The molecule has 1 aromatic carbocycles. The van der Waals surface area contributed by atoms with E-state index in [0.717, 1.165) is 11.1 Å². The summed E-state index contributed by atoms with van der Waals surface area (Å²) < 4.78 is 5.63. The number of aromatic carboxylic acids is 1. The fraction of sp³-hybridized carbons (Fsp3) is 0.100. The van der Waals surface area contributed by atoms with Crippen molar-refractivity contribution in [2.75, 3.05) is 5.32 Å². The summed E-state index contributed by atoms with van der Waals surface area (Å²) >= 11 is 0. The summed E-state index contributed by atoms with van der Waals surface area (Å²) in [5.41, 5.74) is 1.79. The first kappa shape index (κ1) is 18.8. The maximum Gasteiger partial charge on any atom is 0.354 e. The molecule has 0 aliphatic rings. The average molecular weight is 378 g/mol. The van der Waals surface area contributed by atoms with Crippen LogP contribution in [0.1, 0.15) is 21.6 Å². The number of benzene rings is 1. The molecule has 0 saturated carbocycles. The number of rotatable bonds is 6. The zero-order chi connectivity index (χ0) is 19.9. The molecular formula is C20H18N4O4. The molecule has 0 atom stereocenters. The van der Waals surface area contributed by atoms with Gasteiger partial charge in [0.15, 0.2) is 5.69 Å². The van der Waals surface area contributed by atoms with Crippen LogP contribution in [0.5, 0.6) is 11.5 Å². The van der Waals surface area contributed by atoms with E-state index in [0.29, 0.717) is 23.9 Å². The van der Waals surface area contributed by atoms with Gasteiger partial charge in [0.25, 0.3) is 0 Å². The first-order chi connectivity index (χ1) is 13.5. The molecule has 2 aromatic heterocycles. The Balaban J connectivity index is 1.53. The van der Waals surface area contributed by atoms with E-state index < -0.39 is 5.97 Å². The number of carbonyl (C=O) groups excluding carboxylic acids is 1. The summed E-state index contributed by atoms with van der Waals surface area (Å²) in [6.45, 7) is 2.25. The van der Waals surface area contributed by atoms with Crippen molar-refractivity contribution < 1.29 is 19.4 Å². The smallest absolute Gasteiger partial charge is 0.354 e.